The van der Waals surface area contributed by atoms with E-state index in [1.165, 1.54) is 18.3 Å². The summed E-state index contributed by atoms with van der Waals surface area (Å²) in [6.45, 7) is 1.48. The van der Waals surface area contributed by atoms with E-state index in [1.54, 1.807) is 13.3 Å². The normalized spacial score (nSPS) is 10.8. The topological polar surface area (TPSA) is 75.6 Å². The Balaban J connectivity index is 1.64. The van der Waals surface area contributed by atoms with Crippen molar-refractivity contribution in [2.24, 2.45) is 5.10 Å². The maximum Gasteiger partial charge on any atom is 0.221 e. The molecule has 0 atom stereocenters. The Morgan fingerprint density at radius 2 is 2.04 bits per heavy atom. The molecule has 0 bridgehead atoms. The monoisotopic (exact) mass is 444 g/mol. The number of anilines is 2. The second-order valence-electron chi connectivity index (χ2n) is 5.56. The minimum atomic E-state index is -0.0929. The van der Waals surface area contributed by atoms with Gasteiger partial charge < -0.3 is 10.1 Å². The molecule has 0 radical (unpaired) electrons. The van der Waals surface area contributed by atoms with Crippen LogP contribution in [0.2, 0.25) is 0 Å². The number of halogens is 1. The number of rotatable bonds is 6. The van der Waals surface area contributed by atoms with Crippen molar-refractivity contribution >= 4 is 50.2 Å². The van der Waals surface area contributed by atoms with Gasteiger partial charge in [-0.2, -0.15) is 5.10 Å². The van der Waals surface area contributed by atoms with Gasteiger partial charge in [-0.3, -0.25) is 10.2 Å². The molecule has 6 nitrogen and oxygen atoms in total. The highest BCUT2D eigenvalue weighted by atomic mass is 79.9. The Kier molecular flexibility index (Phi) is 6.20. The molecule has 27 heavy (non-hydrogen) atoms. The maximum absolute atomic E-state index is 11.1. The number of ether oxygens (including phenoxy) is 1. The first kappa shape index (κ1) is 19.1. The molecule has 0 spiro atoms. The summed E-state index contributed by atoms with van der Waals surface area (Å²) in [5, 5.41) is 9.62. The molecule has 0 saturated heterocycles. The van der Waals surface area contributed by atoms with E-state index in [-0.39, 0.29) is 5.91 Å². The molecule has 0 aliphatic carbocycles. The van der Waals surface area contributed by atoms with Crippen LogP contribution in [-0.2, 0) is 4.79 Å². The van der Waals surface area contributed by atoms with Crippen molar-refractivity contribution in [3.8, 4) is 17.0 Å². The van der Waals surface area contributed by atoms with Gasteiger partial charge >= 0.3 is 0 Å². The fraction of sp³-hybridized carbons (Fsp3) is 0.105. The molecule has 0 fully saturated rings. The van der Waals surface area contributed by atoms with E-state index in [0.717, 1.165) is 32.7 Å². The Morgan fingerprint density at radius 1 is 1.26 bits per heavy atom. The van der Waals surface area contributed by atoms with Crippen molar-refractivity contribution in [2.75, 3.05) is 17.9 Å². The Morgan fingerprint density at radius 3 is 2.70 bits per heavy atom. The van der Waals surface area contributed by atoms with E-state index >= 15 is 0 Å². The molecule has 0 aliphatic rings. The zero-order valence-corrected chi connectivity index (χ0v) is 17.1. The zero-order valence-electron chi connectivity index (χ0n) is 14.7. The quantitative estimate of drug-likeness (QED) is 0.414. The fourth-order valence-electron chi connectivity index (χ4n) is 2.31. The predicted molar refractivity (Wildman–Crippen MR) is 114 cm³/mol. The van der Waals surface area contributed by atoms with Crippen molar-refractivity contribution in [3.63, 3.8) is 0 Å². The van der Waals surface area contributed by atoms with Crippen LogP contribution < -0.4 is 15.5 Å². The maximum atomic E-state index is 11.1. The summed E-state index contributed by atoms with van der Waals surface area (Å²) >= 11 is 4.92. The summed E-state index contributed by atoms with van der Waals surface area (Å²) < 4.78 is 6.08. The first-order valence-corrected chi connectivity index (χ1v) is 9.68. The lowest BCUT2D eigenvalue weighted by Gasteiger charge is -2.03. The minimum absolute atomic E-state index is 0.0929. The molecule has 138 valence electrons. The summed E-state index contributed by atoms with van der Waals surface area (Å²) in [5.74, 6) is 0.679. The van der Waals surface area contributed by atoms with Gasteiger partial charge in [0.25, 0.3) is 0 Å². The molecule has 1 amide bonds. The first-order valence-electron chi connectivity index (χ1n) is 8.01. The molecule has 2 aromatic carbocycles. The Hall–Kier alpha value is -2.71. The number of nitrogens with one attached hydrogen (secondary N) is 2. The van der Waals surface area contributed by atoms with E-state index in [4.69, 9.17) is 4.74 Å². The number of methoxy groups -OCH3 is 1. The lowest BCUT2D eigenvalue weighted by molar-refractivity contribution is -0.114. The van der Waals surface area contributed by atoms with E-state index in [0.29, 0.717) is 5.13 Å². The first-order chi connectivity index (χ1) is 13.0. The van der Waals surface area contributed by atoms with Crippen LogP contribution in [0, 0.1) is 0 Å². The smallest absolute Gasteiger partial charge is 0.221 e. The standard InChI is InChI=1S/C19H17BrN4O2S/c1-12(25)22-15-6-4-14(5-7-15)17-11-27-19(23-17)24-21-10-13-3-8-18(26-2)16(20)9-13/h3-11H,1-2H3,(H,22,25)(H,23,24)/b21-10-. The molecule has 3 aromatic rings. The van der Waals surface area contributed by atoms with Crippen LogP contribution >= 0.6 is 27.3 Å². The summed E-state index contributed by atoms with van der Waals surface area (Å²) in [6.07, 6.45) is 1.72. The van der Waals surface area contributed by atoms with Crippen molar-refractivity contribution in [2.45, 2.75) is 6.92 Å². The number of thiazole rings is 1. The van der Waals surface area contributed by atoms with Crippen LogP contribution in [0.1, 0.15) is 12.5 Å². The third kappa shape index (κ3) is 5.15. The number of carbonyl (C=O) groups is 1. The van der Waals surface area contributed by atoms with Crippen LogP contribution in [0.3, 0.4) is 0 Å². The number of hydrogen-bond acceptors (Lipinski definition) is 6. The van der Waals surface area contributed by atoms with Gasteiger partial charge in [-0.05, 0) is 51.8 Å². The molecule has 2 N–H and O–H groups in total. The van der Waals surface area contributed by atoms with Crippen LogP contribution in [0.4, 0.5) is 10.8 Å². The molecular formula is C19H17BrN4O2S. The van der Waals surface area contributed by atoms with Crippen LogP contribution in [0.15, 0.2) is 57.4 Å². The fourth-order valence-corrected chi connectivity index (χ4v) is 3.54. The summed E-state index contributed by atoms with van der Waals surface area (Å²) in [7, 11) is 1.63. The average Bonchev–Trinajstić information content (AvgIpc) is 3.11. The van der Waals surface area contributed by atoms with Crippen LogP contribution in [-0.4, -0.2) is 24.2 Å². The SMILES string of the molecule is COc1ccc(/C=N\Nc2nc(-c3ccc(NC(C)=O)cc3)cs2)cc1Br. The Bertz CT molecular complexity index is 970. The molecule has 0 aliphatic heterocycles. The van der Waals surface area contributed by atoms with Crippen molar-refractivity contribution < 1.29 is 9.53 Å². The van der Waals surface area contributed by atoms with Crippen molar-refractivity contribution in [3.05, 3.63) is 57.9 Å². The third-order valence-electron chi connectivity index (χ3n) is 3.55. The predicted octanol–water partition coefficient (Wildman–Crippen LogP) is 4.99. The van der Waals surface area contributed by atoms with E-state index in [2.05, 4.69) is 36.8 Å². The van der Waals surface area contributed by atoms with Gasteiger partial charge in [0.15, 0.2) is 0 Å². The van der Waals surface area contributed by atoms with Gasteiger partial charge in [0.05, 0.1) is 23.5 Å². The number of benzene rings is 2. The second kappa shape index (κ2) is 8.79. The molecule has 8 heteroatoms. The molecule has 1 heterocycles. The second-order valence-corrected chi connectivity index (χ2v) is 7.27. The lowest BCUT2D eigenvalue weighted by Crippen LogP contribution is -2.05. The number of hydrogen-bond donors (Lipinski definition) is 2. The average molecular weight is 445 g/mol. The van der Waals surface area contributed by atoms with Gasteiger partial charge in [0.2, 0.25) is 11.0 Å². The van der Waals surface area contributed by atoms with E-state index in [9.17, 15) is 4.79 Å². The number of nitrogens with zero attached hydrogens (tertiary/aromatic N) is 2. The number of aromatic nitrogens is 1. The number of carbonyl (C=O) groups excluding carboxylic acids is 1. The highest BCUT2D eigenvalue weighted by Gasteiger charge is 2.05. The van der Waals surface area contributed by atoms with Gasteiger partial charge in [-0.1, -0.05) is 12.1 Å². The van der Waals surface area contributed by atoms with Gasteiger partial charge in [0.1, 0.15) is 5.75 Å². The lowest BCUT2D eigenvalue weighted by atomic mass is 10.1. The summed E-state index contributed by atoms with van der Waals surface area (Å²) in [5.41, 5.74) is 6.45. The molecular weight excluding hydrogens is 428 g/mol. The van der Waals surface area contributed by atoms with Crippen molar-refractivity contribution in [1.29, 1.82) is 0 Å². The van der Waals surface area contributed by atoms with E-state index in [1.807, 2.05) is 47.8 Å². The largest absolute Gasteiger partial charge is 0.496 e. The highest BCUT2D eigenvalue weighted by Crippen LogP contribution is 2.27. The van der Waals surface area contributed by atoms with Crippen molar-refractivity contribution in [1.82, 2.24) is 4.98 Å². The number of amides is 1. The summed E-state index contributed by atoms with van der Waals surface area (Å²) in [4.78, 5) is 15.6. The number of hydrazone groups is 1. The zero-order chi connectivity index (χ0) is 19.2. The summed E-state index contributed by atoms with van der Waals surface area (Å²) in [6, 6.07) is 13.3. The van der Waals surface area contributed by atoms with E-state index < -0.39 is 0 Å². The van der Waals surface area contributed by atoms with Gasteiger partial charge in [-0.25, -0.2) is 4.98 Å². The molecule has 1 aromatic heterocycles. The minimum Gasteiger partial charge on any atom is -0.496 e. The molecule has 0 saturated carbocycles. The highest BCUT2D eigenvalue weighted by molar-refractivity contribution is 9.10. The van der Waals surface area contributed by atoms with Gasteiger partial charge in [-0.15, -0.1) is 11.3 Å². The third-order valence-corrected chi connectivity index (χ3v) is 4.92. The molecule has 0 unspecified atom stereocenters. The van der Waals surface area contributed by atoms with Crippen LogP contribution in [0.25, 0.3) is 11.3 Å². The van der Waals surface area contributed by atoms with Gasteiger partial charge in [0, 0.05) is 23.6 Å². The van der Waals surface area contributed by atoms with Crippen LogP contribution in [0.5, 0.6) is 5.75 Å². The Labute approximate surface area is 169 Å². The molecule has 3 rings (SSSR count).